The van der Waals surface area contributed by atoms with Gasteiger partial charge in [-0.3, -0.25) is 9.59 Å². The van der Waals surface area contributed by atoms with Crippen LogP contribution in [0, 0.1) is 11.8 Å². The Morgan fingerprint density at radius 1 is 1.14 bits per heavy atom. The van der Waals surface area contributed by atoms with E-state index in [1.807, 2.05) is 18.2 Å². The maximum absolute atomic E-state index is 12.4. The zero-order valence-electron chi connectivity index (χ0n) is 17.6. The number of rotatable bonds is 8. The van der Waals surface area contributed by atoms with Gasteiger partial charge in [0.15, 0.2) is 17.6 Å². The summed E-state index contributed by atoms with van der Waals surface area (Å²) < 4.78 is 15.8. The molecule has 2 rings (SSSR count). The quantitative estimate of drug-likeness (QED) is 0.687. The maximum Gasteiger partial charge on any atom is 0.306 e. The molecule has 4 atom stereocenters. The molecule has 1 aliphatic carbocycles. The molecule has 0 heterocycles. The zero-order chi connectivity index (χ0) is 20.7. The number of carbonyl (C=O) groups excluding carboxylic acids is 2. The van der Waals surface area contributed by atoms with E-state index >= 15 is 0 Å². The largest absolute Gasteiger partial charge is 0.493 e. The van der Waals surface area contributed by atoms with Crippen molar-refractivity contribution in [3.63, 3.8) is 0 Å². The molecule has 1 aromatic rings. The molecule has 6 heteroatoms. The molecule has 0 unspecified atom stereocenters. The van der Waals surface area contributed by atoms with Gasteiger partial charge in [-0.2, -0.15) is 0 Å². The summed E-state index contributed by atoms with van der Waals surface area (Å²) in [6, 6.07) is 5.69. The number of hydrogen-bond acceptors (Lipinski definition) is 5. The van der Waals surface area contributed by atoms with Crippen molar-refractivity contribution in [1.82, 2.24) is 5.32 Å². The highest BCUT2D eigenvalue weighted by Crippen LogP contribution is 2.30. The van der Waals surface area contributed by atoms with Gasteiger partial charge >= 0.3 is 5.97 Å². The second-order valence-electron chi connectivity index (χ2n) is 7.70. The SMILES string of the molecule is COc1ccc(CCC(=O)O[C@H](C)C(=O)N[C@@H]2CCC[C@@H](C)[C@@H]2C)cc1OC. The fourth-order valence-electron chi connectivity index (χ4n) is 3.68. The van der Waals surface area contributed by atoms with Crippen LogP contribution in [0.4, 0.5) is 0 Å². The van der Waals surface area contributed by atoms with Crippen molar-refractivity contribution < 1.29 is 23.8 Å². The Morgan fingerprint density at radius 3 is 2.54 bits per heavy atom. The first kappa shape index (κ1) is 22.1. The van der Waals surface area contributed by atoms with E-state index in [2.05, 4.69) is 19.2 Å². The van der Waals surface area contributed by atoms with Gasteiger partial charge in [0.25, 0.3) is 5.91 Å². The molecule has 0 bridgehead atoms. The number of ether oxygens (including phenoxy) is 3. The van der Waals surface area contributed by atoms with Gasteiger partial charge in [0.05, 0.1) is 14.2 Å². The van der Waals surface area contributed by atoms with Gasteiger partial charge in [-0.05, 0) is 49.3 Å². The Bertz CT molecular complexity index is 675. The van der Waals surface area contributed by atoms with Gasteiger partial charge in [-0.25, -0.2) is 0 Å². The van der Waals surface area contributed by atoms with Crippen LogP contribution in [0.1, 0.15) is 52.0 Å². The van der Waals surface area contributed by atoms with E-state index in [4.69, 9.17) is 14.2 Å². The zero-order valence-corrected chi connectivity index (χ0v) is 17.6. The standard InChI is InChI=1S/C22H33NO5/c1-14-7-6-8-18(15(14)2)23-22(25)16(3)28-21(24)12-10-17-9-11-19(26-4)20(13-17)27-5/h9,11,13-16,18H,6-8,10,12H2,1-5H3,(H,23,25)/t14-,15+,16-,18-/m1/s1. The molecule has 0 aromatic heterocycles. The van der Waals surface area contributed by atoms with Crippen molar-refractivity contribution in [1.29, 1.82) is 0 Å². The van der Waals surface area contributed by atoms with Gasteiger partial charge in [0, 0.05) is 12.5 Å². The molecule has 0 aliphatic heterocycles. The Morgan fingerprint density at radius 2 is 1.86 bits per heavy atom. The lowest BCUT2D eigenvalue weighted by atomic mass is 9.78. The minimum absolute atomic E-state index is 0.157. The van der Waals surface area contributed by atoms with Crippen molar-refractivity contribution in [2.24, 2.45) is 11.8 Å². The molecule has 156 valence electrons. The number of nitrogens with one attached hydrogen (secondary N) is 1. The van der Waals surface area contributed by atoms with Crippen LogP contribution in [0.5, 0.6) is 11.5 Å². The van der Waals surface area contributed by atoms with Crippen LogP contribution in [0.2, 0.25) is 0 Å². The van der Waals surface area contributed by atoms with Crippen LogP contribution in [0.3, 0.4) is 0 Å². The third-order valence-electron chi connectivity index (χ3n) is 5.78. The molecular formula is C22H33NO5. The number of hydrogen-bond donors (Lipinski definition) is 1. The third-order valence-corrected chi connectivity index (χ3v) is 5.78. The average molecular weight is 392 g/mol. The lowest BCUT2D eigenvalue weighted by Crippen LogP contribution is -2.47. The minimum atomic E-state index is -0.790. The Balaban J connectivity index is 1.81. The van der Waals surface area contributed by atoms with Crippen LogP contribution < -0.4 is 14.8 Å². The highest BCUT2D eigenvalue weighted by molar-refractivity contribution is 5.83. The predicted octanol–water partition coefficient (Wildman–Crippen LogP) is 3.51. The van der Waals surface area contributed by atoms with Crippen molar-refractivity contribution in [2.45, 2.75) is 65.0 Å². The van der Waals surface area contributed by atoms with Gasteiger partial charge in [-0.1, -0.05) is 32.8 Å². The smallest absolute Gasteiger partial charge is 0.306 e. The molecule has 1 saturated carbocycles. The summed E-state index contributed by atoms with van der Waals surface area (Å²) in [5.74, 6) is 1.69. The Kier molecular flexibility index (Phi) is 8.15. The summed E-state index contributed by atoms with van der Waals surface area (Å²) in [6.07, 6.45) is 3.22. The fourth-order valence-corrected chi connectivity index (χ4v) is 3.68. The fraction of sp³-hybridized carbons (Fsp3) is 0.636. The molecule has 1 N–H and O–H groups in total. The number of carbonyl (C=O) groups is 2. The summed E-state index contributed by atoms with van der Waals surface area (Å²) in [6.45, 7) is 6.02. The van der Waals surface area contributed by atoms with E-state index in [-0.39, 0.29) is 24.3 Å². The van der Waals surface area contributed by atoms with Crippen LogP contribution >= 0.6 is 0 Å². The molecule has 1 aromatic carbocycles. The van der Waals surface area contributed by atoms with Gasteiger partial charge in [0.2, 0.25) is 0 Å². The average Bonchev–Trinajstić information content (AvgIpc) is 2.69. The Labute approximate surface area is 167 Å². The van der Waals surface area contributed by atoms with Crippen molar-refractivity contribution in [3.8, 4) is 11.5 Å². The molecule has 28 heavy (non-hydrogen) atoms. The molecule has 6 nitrogen and oxygen atoms in total. The van der Waals surface area contributed by atoms with E-state index in [0.29, 0.717) is 29.8 Å². The number of methoxy groups -OCH3 is 2. The number of amides is 1. The number of benzene rings is 1. The van der Waals surface area contributed by atoms with Gasteiger partial charge < -0.3 is 19.5 Å². The monoisotopic (exact) mass is 391 g/mol. The second-order valence-corrected chi connectivity index (χ2v) is 7.70. The molecule has 1 fully saturated rings. The third kappa shape index (κ3) is 5.88. The second kappa shape index (κ2) is 10.3. The molecule has 0 spiro atoms. The van der Waals surface area contributed by atoms with Crippen molar-refractivity contribution in [3.05, 3.63) is 23.8 Å². The molecular weight excluding hydrogens is 358 g/mol. The summed E-state index contributed by atoms with van der Waals surface area (Å²) in [5, 5.41) is 3.06. The minimum Gasteiger partial charge on any atom is -0.493 e. The van der Waals surface area contributed by atoms with Gasteiger partial charge in [-0.15, -0.1) is 0 Å². The Hall–Kier alpha value is -2.24. The predicted molar refractivity (Wildman–Crippen MR) is 108 cm³/mol. The van der Waals surface area contributed by atoms with Crippen LogP contribution in [0.25, 0.3) is 0 Å². The topological polar surface area (TPSA) is 73.9 Å². The highest BCUT2D eigenvalue weighted by Gasteiger charge is 2.30. The normalized spacial score (nSPS) is 22.8. The van der Waals surface area contributed by atoms with E-state index in [9.17, 15) is 9.59 Å². The first-order valence-corrected chi connectivity index (χ1v) is 10.1. The van der Waals surface area contributed by atoms with Crippen molar-refractivity contribution >= 4 is 11.9 Å². The van der Waals surface area contributed by atoms with Gasteiger partial charge in [0.1, 0.15) is 0 Å². The van der Waals surface area contributed by atoms with E-state index in [0.717, 1.165) is 18.4 Å². The molecule has 0 saturated heterocycles. The lowest BCUT2D eigenvalue weighted by molar-refractivity contribution is -0.155. The summed E-state index contributed by atoms with van der Waals surface area (Å²) in [4.78, 5) is 24.6. The molecule has 1 aliphatic rings. The number of esters is 1. The number of aryl methyl sites for hydroxylation is 1. The molecule has 0 radical (unpaired) electrons. The lowest BCUT2D eigenvalue weighted by Gasteiger charge is -2.35. The first-order chi connectivity index (χ1) is 13.3. The van der Waals surface area contributed by atoms with E-state index in [1.165, 1.54) is 6.42 Å². The van der Waals surface area contributed by atoms with E-state index in [1.54, 1.807) is 21.1 Å². The maximum atomic E-state index is 12.4. The summed E-state index contributed by atoms with van der Waals surface area (Å²) in [5.41, 5.74) is 0.941. The first-order valence-electron chi connectivity index (χ1n) is 10.1. The summed E-state index contributed by atoms with van der Waals surface area (Å²) in [7, 11) is 3.15. The van der Waals surface area contributed by atoms with E-state index < -0.39 is 6.10 Å². The summed E-state index contributed by atoms with van der Waals surface area (Å²) >= 11 is 0. The van der Waals surface area contributed by atoms with Crippen LogP contribution in [-0.2, 0) is 20.7 Å². The highest BCUT2D eigenvalue weighted by atomic mass is 16.5. The van der Waals surface area contributed by atoms with Crippen LogP contribution in [0.15, 0.2) is 18.2 Å². The van der Waals surface area contributed by atoms with Crippen molar-refractivity contribution in [2.75, 3.05) is 14.2 Å². The molecule has 1 amide bonds. The van der Waals surface area contributed by atoms with Crippen LogP contribution in [-0.4, -0.2) is 38.2 Å².